The molecule has 0 heterocycles. The fraction of sp³-hybridized carbons (Fsp3) is 0.333. The van der Waals surface area contributed by atoms with Crippen LogP contribution in [0.2, 0.25) is 0 Å². The van der Waals surface area contributed by atoms with Crippen LogP contribution < -0.4 is 5.32 Å². The van der Waals surface area contributed by atoms with Crippen LogP contribution in [0.1, 0.15) is 41.6 Å². The molecule has 1 nitrogen and oxygen atoms in total. The monoisotopic (exact) mass is 251 g/mol. The maximum Gasteiger partial charge on any atom is 0.0519 e. The Morgan fingerprint density at radius 3 is 2.79 bits per heavy atom. The van der Waals surface area contributed by atoms with E-state index >= 15 is 0 Å². The minimum absolute atomic E-state index is 0.475. The molecule has 0 saturated heterocycles. The number of hydrogen-bond donors (Lipinski definition) is 1. The van der Waals surface area contributed by atoms with Gasteiger partial charge in [0.05, 0.1) is 6.04 Å². The molecule has 1 aliphatic rings. The summed E-state index contributed by atoms with van der Waals surface area (Å²) in [5, 5.41) is 3.78. The van der Waals surface area contributed by atoms with E-state index in [4.69, 9.17) is 0 Å². The van der Waals surface area contributed by atoms with Crippen molar-refractivity contribution in [3.8, 4) is 0 Å². The lowest BCUT2D eigenvalue weighted by atomic mass is 10.0. The molecule has 0 bridgehead atoms. The summed E-state index contributed by atoms with van der Waals surface area (Å²) in [6.07, 6.45) is 3.48. The van der Waals surface area contributed by atoms with E-state index in [0.29, 0.717) is 6.04 Å². The van der Waals surface area contributed by atoms with Gasteiger partial charge in [-0.25, -0.2) is 0 Å². The second kappa shape index (κ2) is 5.08. The van der Waals surface area contributed by atoms with Gasteiger partial charge in [-0.15, -0.1) is 0 Å². The van der Waals surface area contributed by atoms with Crippen LogP contribution in [-0.4, -0.2) is 0 Å². The van der Waals surface area contributed by atoms with Gasteiger partial charge in [0.15, 0.2) is 0 Å². The quantitative estimate of drug-likeness (QED) is 0.836. The summed E-state index contributed by atoms with van der Waals surface area (Å²) in [7, 11) is 0. The fourth-order valence-corrected chi connectivity index (χ4v) is 3.11. The molecule has 0 spiro atoms. The molecule has 1 aliphatic carbocycles. The largest absolute Gasteiger partial charge is 0.378 e. The zero-order chi connectivity index (χ0) is 13.2. The van der Waals surface area contributed by atoms with Crippen molar-refractivity contribution in [2.24, 2.45) is 0 Å². The molecular formula is C18H21N. The molecule has 98 valence electrons. The normalized spacial score (nSPS) is 17.3. The second-order valence-corrected chi connectivity index (χ2v) is 5.40. The minimum Gasteiger partial charge on any atom is -0.378 e. The first kappa shape index (κ1) is 12.3. The average molecular weight is 251 g/mol. The Kier molecular flexibility index (Phi) is 3.29. The Hall–Kier alpha value is -1.76. The van der Waals surface area contributed by atoms with Crippen molar-refractivity contribution in [3.63, 3.8) is 0 Å². The molecule has 1 N–H and O–H groups in total. The number of rotatable bonds is 3. The van der Waals surface area contributed by atoms with Crippen molar-refractivity contribution >= 4 is 5.69 Å². The second-order valence-electron chi connectivity index (χ2n) is 5.40. The number of hydrogen-bond acceptors (Lipinski definition) is 1. The highest BCUT2D eigenvalue weighted by molar-refractivity contribution is 5.59. The number of fused-ring (bicyclic) bond motifs is 1. The number of nitrogens with one attached hydrogen (secondary N) is 1. The van der Waals surface area contributed by atoms with Crippen molar-refractivity contribution in [1.82, 2.24) is 0 Å². The smallest absolute Gasteiger partial charge is 0.0519 e. The minimum atomic E-state index is 0.475. The fourth-order valence-electron chi connectivity index (χ4n) is 3.11. The van der Waals surface area contributed by atoms with Gasteiger partial charge in [-0.3, -0.25) is 0 Å². The lowest BCUT2D eigenvalue weighted by Crippen LogP contribution is -2.10. The van der Waals surface area contributed by atoms with Crippen LogP contribution >= 0.6 is 0 Å². The first-order chi connectivity index (χ1) is 9.29. The Morgan fingerprint density at radius 1 is 1.11 bits per heavy atom. The van der Waals surface area contributed by atoms with E-state index in [0.717, 1.165) is 6.42 Å². The van der Waals surface area contributed by atoms with Crippen molar-refractivity contribution in [2.75, 3.05) is 5.32 Å². The van der Waals surface area contributed by atoms with Crippen LogP contribution in [0, 0.1) is 6.92 Å². The van der Waals surface area contributed by atoms with Gasteiger partial charge in [-0.2, -0.15) is 0 Å². The predicted molar refractivity (Wildman–Crippen MR) is 81.7 cm³/mol. The van der Waals surface area contributed by atoms with Crippen LogP contribution in [-0.2, 0) is 12.8 Å². The highest BCUT2D eigenvalue weighted by Gasteiger charge is 2.22. The Balaban J connectivity index is 1.91. The molecule has 0 saturated carbocycles. The number of anilines is 1. The summed E-state index contributed by atoms with van der Waals surface area (Å²) >= 11 is 0. The molecule has 1 heteroatoms. The van der Waals surface area contributed by atoms with Gasteiger partial charge >= 0.3 is 0 Å². The molecule has 0 fully saturated rings. The van der Waals surface area contributed by atoms with Crippen molar-refractivity contribution in [3.05, 3.63) is 64.7 Å². The van der Waals surface area contributed by atoms with Crippen molar-refractivity contribution in [2.45, 2.75) is 39.2 Å². The summed E-state index contributed by atoms with van der Waals surface area (Å²) in [6.45, 7) is 4.42. The third-order valence-electron chi connectivity index (χ3n) is 4.19. The van der Waals surface area contributed by atoms with Crippen LogP contribution in [0.25, 0.3) is 0 Å². The molecule has 1 atom stereocenters. The molecule has 19 heavy (non-hydrogen) atoms. The van der Waals surface area contributed by atoms with Gasteiger partial charge in [-0.05, 0) is 48.4 Å². The molecule has 1 unspecified atom stereocenters. The van der Waals surface area contributed by atoms with E-state index < -0.39 is 0 Å². The number of aryl methyl sites for hydroxylation is 3. The van der Waals surface area contributed by atoms with Gasteiger partial charge in [0.25, 0.3) is 0 Å². The van der Waals surface area contributed by atoms with Crippen molar-refractivity contribution < 1.29 is 0 Å². The zero-order valence-electron chi connectivity index (χ0n) is 11.7. The van der Waals surface area contributed by atoms with Crippen LogP contribution in [0.3, 0.4) is 0 Å². The number of benzene rings is 2. The summed E-state index contributed by atoms with van der Waals surface area (Å²) in [4.78, 5) is 0. The molecule has 0 aliphatic heterocycles. The maximum atomic E-state index is 3.78. The average Bonchev–Trinajstić information content (AvgIpc) is 2.84. The Morgan fingerprint density at radius 2 is 1.95 bits per heavy atom. The van der Waals surface area contributed by atoms with E-state index in [1.807, 2.05) is 0 Å². The first-order valence-electron chi connectivity index (χ1n) is 7.22. The number of para-hydroxylation sites is 1. The molecule has 0 amide bonds. The predicted octanol–water partition coefficient (Wildman–Crippen LogP) is 4.66. The highest BCUT2D eigenvalue weighted by atomic mass is 14.9. The van der Waals surface area contributed by atoms with E-state index in [-0.39, 0.29) is 0 Å². The molecule has 0 aromatic heterocycles. The van der Waals surface area contributed by atoms with E-state index in [2.05, 4.69) is 61.6 Å². The van der Waals surface area contributed by atoms with Gasteiger partial charge in [-0.1, -0.05) is 49.4 Å². The molecule has 2 aromatic rings. The molecular weight excluding hydrogens is 230 g/mol. The van der Waals surface area contributed by atoms with Crippen LogP contribution in [0.5, 0.6) is 0 Å². The molecule has 3 rings (SSSR count). The topological polar surface area (TPSA) is 12.0 Å². The maximum absolute atomic E-state index is 3.78. The summed E-state index contributed by atoms with van der Waals surface area (Å²) in [5.41, 5.74) is 7.10. The summed E-state index contributed by atoms with van der Waals surface area (Å²) in [6, 6.07) is 15.9. The van der Waals surface area contributed by atoms with E-state index in [1.165, 1.54) is 40.8 Å². The first-order valence-corrected chi connectivity index (χ1v) is 7.22. The zero-order valence-corrected chi connectivity index (χ0v) is 11.7. The molecule has 0 radical (unpaired) electrons. The standard InChI is InChI=1S/C18H21N/c1-3-14-9-6-7-13(2)18(14)19-17-12-11-15-8-4-5-10-16(15)17/h4-10,17,19H,3,11-12H2,1-2H3. The Bertz CT molecular complexity index is 586. The van der Waals surface area contributed by atoms with Crippen LogP contribution in [0.4, 0.5) is 5.69 Å². The van der Waals surface area contributed by atoms with E-state index in [1.54, 1.807) is 0 Å². The third kappa shape index (κ3) is 2.25. The van der Waals surface area contributed by atoms with Gasteiger partial charge in [0, 0.05) is 5.69 Å². The van der Waals surface area contributed by atoms with Gasteiger partial charge in [0.1, 0.15) is 0 Å². The molecule has 2 aromatic carbocycles. The lowest BCUT2D eigenvalue weighted by Gasteiger charge is -2.20. The lowest BCUT2D eigenvalue weighted by molar-refractivity contribution is 0.759. The highest BCUT2D eigenvalue weighted by Crippen LogP contribution is 2.35. The van der Waals surface area contributed by atoms with Crippen molar-refractivity contribution in [1.29, 1.82) is 0 Å². The van der Waals surface area contributed by atoms with Gasteiger partial charge in [0.2, 0.25) is 0 Å². The van der Waals surface area contributed by atoms with Gasteiger partial charge < -0.3 is 5.32 Å². The summed E-state index contributed by atoms with van der Waals surface area (Å²) in [5.74, 6) is 0. The Labute approximate surface area is 115 Å². The van der Waals surface area contributed by atoms with Crippen LogP contribution in [0.15, 0.2) is 42.5 Å². The summed E-state index contributed by atoms with van der Waals surface area (Å²) < 4.78 is 0. The SMILES string of the molecule is CCc1cccc(C)c1NC1CCc2ccccc21. The third-order valence-corrected chi connectivity index (χ3v) is 4.19. The van der Waals surface area contributed by atoms with E-state index in [9.17, 15) is 0 Å².